The van der Waals surface area contributed by atoms with Crippen LogP contribution in [0, 0.1) is 5.92 Å². The highest BCUT2D eigenvalue weighted by molar-refractivity contribution is 5.94. The van der Waals surface area contributed by atoms with Gasteiger partial charge in [-0.05, 0) is 24.5 Å². The second-order valence-electron chi connectivity index (χ2n) is 5.15. The van der Waals surface area contributed by atoms with Crippen molar-refractivity contribution in [2.24, 2.45) is 5.92 Å². The number of carbonyl (C=O) groups excluding carboxylic acids is 1. The Morgan fingerprint density at radius 2 is 1.76 bits per heavy atom. The molecular weight excluding hydrogens is 266 g/mol. The zero-order valence-electron chi connectivity index (χ0n) is 13.1. The molecule has 1 N–H and O–H groups in total. The molecule has 1 rings (SSSR count). The van der Waals surface area contributed by atoms with Gasteiger partial charge in [0.2, 0.25) is 0 Å². The Kier molecular flexibility index (Phi) is 9.49. The SMILES string of the molecule is CCC(C)CCOCCOCCNC(=O)c1ccccc1. The van der Waals surface area contributed by atoms with Crippen molar-refractivity contribution in [3.8, 4) is 0 Å². The minimum Gasteiger partial charge on any atom is -0.379 e. The second kappa shape index (κ2) is 11.3. The molecule has 1 atom stereocenters. The Balaban J connectivity index is 1.92. The number of ether oxygens (including phenoxy) is 2. The van der Waals surface area contributed by atoms with Crippen LogP contribution in [0.5, 0.6) is 0 Å². The van der Waals surface area contributed by atoms with Crippen LogP contribution in [0.25, 0.3) is 0 Å². The Labute approximate surface area is 127 Å². The third-order valence-corrected chi connectivity index (χ3v) is 3.39. The van der Waals surface area contributed by atoms with E-state index >= 15 is 0 Å². The van der Waals surface area contributed by atoms with Gasteiger partial charge >= 0.3 is 0 Å². The molecule has 0 aliphatic rings. The normalized spacial score (nSPS) is 12.1. The maximum Gasteiger partial charge on any atom is 0.251 e. The lowest BCUT2D eigenvalue weighted by Gasteiger charge is -2.09. The number of amides is 1. The molecule has 1 amide bonds. The summed E-state index contributed by atoms with van der Waals surface area (Å²) >= 11 is 0. The molecule has 1 unspecified atom stereocenters. The van der Waals surface area contributed by atoms with Crippen LogP contribution in [0.4, 0.5) is 0 Å². The third kappa shape index (κ3) is 8.48. The number of benzene rings is 1. The largest absolute Gasteiger partial charge is 0.379 e. The van der Waals surface area contributed by atoms with Crippen molar-refractivity contribution in [3.05, 3.63) is 35.9 Å². The molecule has 4 nitrogen and oxygen atoms in total. The van der Waals surface area contributed by atoms with Gasteiger partial charge in [-0.25, -0.2) is 0 Å². The van der Waals surface area contributed by atoms with E-state index in [-0.39, 0.29) is 5.91 Å². The summed E-state index contributed by atoms with van der Waals surface area (Å²) in [6.07, 6.45) is 2.30. The van der Waals surface area contributed by atoms with Crippen LogP contribution >= 0.6 is 0 Å². The zero-order chi connectivity index (χ0) is 15.3. The molecule has 0 aliphatic heterocycles. The summed E-state index contributed by atoms with van der Waals surface area (Å²) in [5.74, 6) is 0.656. The number of hydrogen-bond acceptors (Lipinski definition) is 3. The van der Waals surface area contributed by atoms with Crippen LogP contribution in [0.1, 0.15) is 37.0 Å². The van der Waals surface area contributed by atoms with Crippen LogP contribution in [0.15, 0.2) is 30.3 Å². The molecular formula is C17H27NO3. The molecule has 0 aliphatic carbocycles. The van der Waals surface area contributed by atoms with Gasteiger partial charge in [0, 0.05) is 18.7 Å². The molecule has 0 fully saturated rings. The fourth-order valence-electron chi connectivity index (χ4n) is 1.74. The Bertz CT molecular complexity index is 381. The van der Waals surface area contributed by atoms with E-state index in [4.69, 9.17) is 9.47 Å². The van der Waals surface area contributed by atoms with E-state index in [9.17, 15) is 4.79 Å². The lowest BCUT2D eigenvalue weighted by Crippen LogP contribution is -2.27. The van der Waals surface area contributed by atoms with Gasteiger partial charge in [-0.1, -0.05) is 38.5 Å². The summed E-state index contributed by atoms with van der Waals surface area (Å²) in [5.41, 5.74) is 0.672. The quantitative estimate of drug-likeness (QED) is 0.638. The number of hydrogen-bond donors (Lipinski definition) is 1. The summed E-state index contributed by atoms with van der Waals surface area (Å²) < 4.78 is 10.9. The van der Waals surface area contributed by atoms with Crippen LogP contribution in [0.3, 0.4) is 0 Å². The van der Waals surface area contributed by atoms with Crippen molar-refractivity contribution < 1.29 is 14.3 Å². The first-order chi connectivity index (χ1) is 10.2. The van der Waals surface area contributed by atoms with Gasteiger partial charge in [-0.3, -0.25) is 4.79 Å². The van der Waals surface area contributed by atoms with Crippen LogP contribution in [-0.4, -0.2) is 38.9 Å². The first-order valence-corrected chi connectivity index (χ1v) is 7.72. The van der Waals surface area contributed by atoms with E-state index in [2.05, 4.69) is 19.2 Å². The van der Waals surface area contributed by atoms with Gasteiger partial charge in [0.05, 0.1) is 19.8 Å². The molecule has 0 spiro atoms. The molecule has 21 heavy (non-hydrogen) atoms. The Hall–Kier alpha value is -1.39. The van der Waals surface area contributed by atoms with E-state index in [1.807, 2.05) is 18.2 Å². The third-order valence-electron chi connectivity index (χ3n) is 3.39. The average molecular weight is 293 g/mol. The topological polar surface area (TPSA) is 47.6 Å². The number of carbonyl (C=O) groups is 1. The lowest BCUT2D eigenvalue weighted by atomic mass is 10.1. The predicted octanol–water partition coefficient (Wildman–Crippen LogP) is 2.89. The standard InChI is InChI=1S/C17H27NO3/c1-3-15(2)9-11-20-13-14-21-12-10-18-17(19)16-7-5-4-6-8-16/h4-8,15H,3,9-14H2,1-2H3,(H,18,19). The van der Waals surface area contributed by atoms with Gasteiger partial charge in [-0.2, -0.15) is 0 Å². The maximum absolute atomic E-state index is 11.7. The lowest BCUT2D eigenvalue weighted by molar-refractivity contribution is 0.0439. The van der Waals surface area contributed by atoms with Crippen molar-refractivity contribution in [2.45, 2.75) is 26.7 Å². The van der Waals surface area contributed by atoms with Crippen molar-refractivity contribution in [1.29, 1.82) is 0 Å². The molecule has 0 heterocycles. The zero-order valence-corrected chi connectivity index (χ0v) is 13.1. The highest BCUT2D eigenvalue weighted by Crippen LogP contribution is 2.05. The molecule has 4 heteroatoms. The molecule has 118 valence electrons. The maximum atomic E-state index is 11.7. The van der Waals surface area contributed by atoms with E-state index in [0.717, 1.165) is 18.9 Å². The first-order valence-electron chi connectivity index (χ1n) is 7.72. The van der Waals surface area contributed by atoms with Crippen molar-refractivity contribution in [3.63, 3.8) is 0 Å². The second-order valence-corrected chi connectivity index (χ2v) is 5.15. The molecule has 1 aromatic carbocycles. The molecule has 0 saturated carbocycles. The Morgan fingerprint density at radius 3 is 2.43 bits per heavy atom. The summed E-state index contributed by atoms with van der Waals surface area (Å²) in [6, 6.07) is 9.17. The van der Waals surface area contributed by atoms with Crippen molar-refractivity contribution in [1.82, 2.24) is 5.32 Å². The number of rotatable bonds is 11. The molecule has 0 radical (unpaired) electrons. The smallest absolute Gasteiger partial charge is 0.251 e. The molecule has 1 aromatic rings. The van der Waals surface area contributed by atoms with Crippen LogP contribution in [0.2, 0.25) is 0 Å². The van der Waals surface area contributed by atoms with Gasteiger partial charge in [0.1, 0.15) is 0 Å². The Morgan fingerprint density at radius 1 is 1.10 bits per heavy atom. The summed E-state index contributed by atoms with van der Waals surface area (Å²) in [6.45, 7) is 7.43. The summed E-state index contributed by atoms with van der Waals surface area (Å²) in [7, 11) is 0. The number of nitrogens with one attached hydrogen (secondary N) is 1. The van der Waals surface area contributed by atoms with E-state index in [1.54, 1.807) is 12.1 Å². The van der Waals surface area contributed by atoms with Crippen molar-refractivity contribution in [2.75, 3.05) is 33.0 Å². The van der Waals surface area contributed by atoms with Gasteiger partial charge < -0.3 is 14.8 Å². The van der Waals surface area contributed by atoms with Gasteiger partial charge in [0.25, 0.3) is 5.91 Å². The van der Waals surface area contributed by atoms with E-state index in [0.29, 0.717) is 31.9 Å². The minimum absolute atomic E-state index is 0.0657. The van der Waals surface area contributed by atoms with Gasteiger partial charge in [-0.15, -0.1) is 0 Å². The summed E-state index contributed by atoms with van der Waals surface area (Å²) in [5, 5.41) is 2.82. The van der Waals surface area contributed by atoms with Gasteiger partial charge in [0.15, 0.2) is 0 Å². The fraction of sp³-hybridized carbons (Fsp3) is 0.588. The highest BCUT2D eigenvalue weighted by Gasteiger charge is 2.02. The average Bonchev–Trinajstić information content (AvgIpc) is 2.53. The molecule has 0 aromatic heterocycles. The van der Waals surface area contributed by atoms with Crippen LogP contribution in [-0.2, 0) is 9.47 Å². The molecule has 0 saturated heterocycles. The first kappa shape index (κ1) is 17.7. The van der Waals surface area contributed by atoms with E-state index in [1.165, 1.54) is 6.42 Å². The summed E-state index contributed by atoms with van der Waals surface area (Å²) in [4.78, 5) is 11.7. The highest BCUT2D eigenvalue weighted by atomic mass is 16.5. The van der Waals surface area contributed by atoms with Crippen molar-refractivity contribution >= 4 is 5.91 Å². The predicted molar refractivity (Wildman–Crippen MR) is 84.5 cm³/mol. The van der Waals surface area contributed by atoms with Crippen LogP contribution < -0.4 is 5.32 Å². The monoisotopic (exact) mass is 293 g/mol. The fourth-order valence-corrected chi connectivity index (χ4v) is 1.74. The van der Waals surface area contributed by atoms with E-state index < -0.39 is 0 Å². The minimum atomic E-state index is -0.0657. The molecule has 0 bridgehead atoms.